The quantitative estimate of drug-likeness (QED) is 0.600. The summed E-state index contributed by atoms with van der Waals surface area (Å²) in [6, 6.07) is 10.1. The van der Waals surface area contributed by atoms with E-state index in [2.05, 4.69) is 10.2 Å². The highest BCUT2D eigenvalue weighted by Crippen LogP contribution is 2.15. The van der Waals surface area contributed by atoms with Crippen LogP contribution in [0.3, 0.4) is 0 Å². The van der Waals surface area contributed by atoms with Gasteiger partial charge in [-0.25, -0.2) is 4.68 Å². The van der Waals surface area contributed by atoms with Crippen LogP contribution in [0.25, 0.3) is 0 Å². The van der Waals surface area contributed by atoms with E-state index in [9.17, 15) is 0 Å². The number of aromatic nitrogens is 3. The van der Waals surface area contributed by atoms with Gasteiger partial charge in [-0.3, -0.25) is 0 Å². The number of thioether (sulfide) groups is 1. The Labute approximate surface area is 104 Å². The lowest BCUT2D eigenvalue weighted by Gasteiger charge is -2.03. The van der Waals surface area contributed by atoms with E-state index in [1.807, 2.05) is 30.3 Å². The van der Waals surface area contributed by atoms with Crippen LogP contribution in [-0.4, -0.2) is 27.2 Å². The van der Waals surface area contributed by atoms with Crippen LogP contribution in [0.15, 0.2) is 35.5 Å². The van der Waals surface area contributed by atoms with Crippen LogP contribution in [0, 0.1) is 0 Å². The number of rotatable bonds is 5. The van der Waals surface area contributed by atoms with E-state index in [0.29, 0.717) is 18.1 Å². The van der Waals surface area contributed by atoms with Crippen molar-refractivity contribution in [2.75, 3.05) is 18.1 Å². The summed E-state index contributed by atoms with van der Waals surface area (Å²) in [7, 11) is 0. The molecule has 0 aliphatic carbocycles. The summed E-state index contributed by atoms with van der Waals surface area (Å²) in [6.07, 6.45) is 0.688. The van der Waals surface area contributed by atoms with Gasteiger partial charge in [-0.05, 0) is 5.56 Å². The van der Waals surface area contributed by atoms with Gasteiger partial charge in [0.05, 0.1) is 0 Å². The number of hydrogen-bond donors (Lipinski definition) is 2. The van der Waals surface area contributed by atoms with E-state index >= 15 is 0 Å². The van der Waals surface area contributed by atoms with Crippen LogP contribution in [0.4, 0.5) is 0 Å². The van der Waals surface area contributed by atoms with E-state index < -0.39 is 0 Å². The topological polar surface area (TPSA) is 82.8 Å². The molecule has 4 N–H and O–H groups in total. The number of nitrogens with zero attached hydrogens (tertiary/aromatic N) is 3. The first-order valence-electron chi connectivity index (χ1n) is 5.37. The molecule has 6 heteroatoms. The molecule has 0 saturated carbocycles. The van der Waals surface area contributed by atoms with Crippen molar-refractivity contribution in [2.45, 2.75) is 11.6 Å². The molecule has 2 rings (SSSR count). The molecule has 5 nitrogen and oxygen atoms in total. The summed E-state index contributed by atoms with van der Waals surface area (Å²) in [5.41, 5.74) is 6.61. The summed E-state index contributed by atoms with van der Waals surface area (Å²) in [6.45, 7) is 0.603. The third-order valence-electron chi connectivity index (χ3n) is 2.29. The fraction of sp³-hybridized carbons (Fsp3) is 0.273. The molecule has 0 spiro atoms. The van der Waals surface area contributed by atoms with Gasteiger partial charge in [-0.2, -0.15) is 0 Å². The van der Waals surface area contributed by atoms with Gasteiger partial charge in [-0.1, -0.05) is 42.1 Å². The monoisotopic (exact) mass is 249 g/mol. The average Bonchev–Trinajstić information content (AvgIpc) is 2.70. The van der Waals surface area contributed by atoms with Crippen molar-refractivity contribution >= 4 is 11.8 Å². The van der Waals surface area contributed by atoms with Gasteiger partial charge in [-0.15, -0.1) is 10.2 Å². The molecule has 0 fully saturated rings. The van der Waals surface area contributed by atoms with Crippen LogP contribution >= 0.6 is 11.8 Å². The Morgan fingerprint density at radius 2 is 1.94 bits per heavy atom. The van der Waals surface area contributed by atoms with Gasteiger partial charge < -0.3 is 11.6 Å². The molecule has 0 unspecified atom stereocenters. The van der Waals surface area contributed by atoms with Crippen molar-refractivity contribution in [2.24, 2.45) is 5.73 Å². The third kappa shape index (κ3) is 2.98. The van der Waals surface area contributed by atoms with Crippen LogP contribution in [0.5, 0.6) is 0 Å². The Bertz CT molecular complexity index is 468. The molecule has 90 valence electrons. The highest BCUT2D eigenvalue weighted by Gasteiger charge is 2.09. The Morgan fingerprint density at radius 1 is 1.18 bits per heavy atom. The minimum absolute atomic E-state index is 0.603. The van der Waals surface area contributed by atoms with E-state index in [0.717, 1.165) is 11.6 Å². The van der Waals surface area contributed by atoms with E-state index in [4.69, 9.17) is 11.6 Å². The third-order valence-corrected chi connectivity index (χ3v) is 3.27. The molecular formula is C11H15N5S. The van der Waals surface area contributed by atoms with Gasteiger partial charge in [0.1, 0.15) is 0 Å². The lowest BCUT2D eigenvalue weighted by molar-refractivity contribution is 0.805. The highest BCUT2D eigenvalue weighted by molar-refractivity contribution is 7.99. The molecule has 0 bridgehead atoms. The maximum atomic E-state index is 5.92. The molecule has 0 atom stereocenters. The van der Waals surface area contributed by atoms with Crippen LogP contribution in [-0.2, 0) is 6.42 Å². The fourth-order valence-electron chi connectivity index (χ4n) is 1.45. The predicted octanol–water partition coefficient (Wildman–Crippen LogP) is 0.634. The zero-order valence-corrected chi connectivity index (χ0v) is 10.2. The molecule has 0 radical (unpaired) electrons. The summed E-state index contributed by atoms with van der Waals surface area (Å²) in [4.78, 5) is 0. The van der Waals surface area contributed by atoms with Crippen molar-refractivity contribution < 1.29 is 0 Å². The summed E-state index contributed by atoms with van der Waals surface area (Å²) < 4.78 is 1.54. The van der Waals surface area contributed by atoms with Crippen molar-refractivity contribution in [3.05, 3.63) is 41.7 Å². The molecule has 0 aliphatic rings. The van der Waals surface area contributed by atoms with Gasteiger partial charge in [0.2, 0.25) is 5.16 Å². The molecule has 17 heavy (non-hydrogen) atoms. The molecule has 0 amide bonds. The SMILES string of the molecule is NCCSc1nnc(Cc2ccccc2)n1N. The maximum Gasteiger partial charge on any atom is 0.209 e. The minimum atomic E-state index is 0.603. The molecular weight excluding hydrogens is 234 g/mol. The zero-order chi connectivity index (χ0) is 12.1. The van der Waals surface area contributed by atoms with Gasteiger partial charge in [0.25, 0.3) is 0 Å². The number of nitrogen functional groups attached to an aromatic ring is 1. The lowest BCUT2D eigenvalue weighted by Crippen LogP contribution is -2.15. The van der Waals surface area contributed by atoms with Crippen LogP contribution in [0.1, 0.15) is 11.4 Å². The zero-order valence-electron chi connectivity index (χ0n) is 9.41. The number of nitrogens with two attached hydrogens (primary N) is 2. The predicted molar refractivity (Wildman–Crippen MR) is 69.2 cm³/mol. The fourth-order valence-corrected chi connectivity index (χ4v) is 2.10. The van der Waals surface area contributed by atoms with Crippen LogP contribution < -0.4 is 11.6 Å². The van der Waals surface area contributed by atoms with E-state index in [1.54, 1.807) is 0 Å². The Balaban J connectivity index is 2.09. The second-order valence-corrected chi connectivity index (χ2v) is 4.63. The van der Waals surface area contributed by atoms with E-state index in [1.165, 1.54) is 22.0 Å². The molecule has 1 aromatic heterocycles. The first-order valence-corrected chi connectivity index (χ1v) is 6.36. The first-order chi connectivity index (χ1) is 8.31. The second-order valence-electron chi connectivity index (χ2n) is 3.57. The molecule has 0 aliphatic heterocycles. The first kappa shape index (κ1) is 11.9. The highest BCUT2D eigenvalue weighted by atomic mass is 32.2. The van der Waals surface area contributed by atoms with Gasteiger partial charge in [0.15, 0.2) is 5.82 Å². The standard InChI is InChI=1S/C11H15N5S/c12-6-7-17-11-15-14-10(16(11)13)8-9-4-2-1-3-5-9/h1-5H,6-8,12-13H2. The van der Waals surface area contributed by atoms with Crippen molar-refractivity contribution in [1.82, 2.24) is 14.9 Å². The smallest absolute Gasteiger partial charge is 0.209 e. The Morgan fingerprint density at radius 3 is 2.65 bits per heavy atom. The minimum Gasteiger partial charge on any atom is -0.336 e. The summed E-state index contributed by atoms with van der Waals surface area (Å²) in [5, 5.41) is 8.84. The Hall–Kier alpha value is -1.53. The number of hydrogen-bond acceptors (Lipinski definition) is 5. The van der Waals surface area contributed by atoms with E-state index in [-0.39, 0.29) is 0 Å². The summed E-state index contributed by atoms with van der Waals surface area (Å²) in [5.74, 6) is 7.47. The van der Waals surface area contributed by atoms with Crippen molar-refractivity contribution in [3.63, 3.8) is 0 Å². The molecule has 1 heterocycles. The van der Waals surface area contributed by atoms with Crippen molar-refractivity contribution in [3.8, 4) is 0 Å². The van der Waals surface area contributed by atoms with Crippen molar-refractivity contribution in [1.29, 1.82) is 0 Å². The average molecular weight is 249 g/mol. The lowest BCUT2D eigenvalue weighted by atomic mass is 10.1. The normalized spacial score (nSPS) is 10.6. The van der Waals surface area contributed by atoms with Crippen LogP contribution in [0.2, 0.25) is 0 Å². The largest absolute Gasteiger partial charge is 0.336 e. The second kappa shape index (κ2) is 5.70. The molecule has 1 aromatic carbocycles. The molecule has 0 saturated heterocycles. The summed E-state index contributed by atoms with van der Waals surface area (Å²) >= 11 is 1.52. The maximum absolute atomic E-state index is 5.92. The van der Waals surface area contributed by atoms with Gasteiger partial charge >= 0.3 is 0 Å². The molecule has 2 aromatic rings. The van der Waals surface area contributed by atoms with Gasteiger partial charge in [0, 0.05) is 18.7 Å². The number of benzene rings is 1. The Kier molecular flexibility index (Phi) is 4.00.